The van der Waals surface area contributed by atoms with Gasteiger partial charge in [-0.1, -0.05) is 36.4 Å². The Morgan fingerprint density at radius 1 is 0.700 bits per heavy atom. The zero-order valence-corrected chi connectivity index (χ0v) is 11.3. The first-order valence-electron chi connectivity index (χ1n) is 6.01. The number of carboxylic acids is 2. The van der Waals surface area contributed by atoms with E-state index in [1.807, 2.05) is 12.1 Å². The van der Waals surface area contributed by atoms with Crippen LogP contribution < -0.4 is 0 Å². The maximum Gasteiger partial charge on any atom is 0.335 e. The molecule has 0 fully saturated rings. The molecule has 0 saturated heterocycles. The van der Waals surface area contributed by atoms with Gasteiger partial charge >= 0.3 is 11.9 Å². The highest BCUT2D eigenvalue weighted by Crippen LogP contribution is 2.06. The van der Waals surface area contributed by atoms with Crippen molar-refractivity contribution in [3.05, 3.63) is 70.8 Å². The second-order valence-electron chi connectivity index (χ2n) is 4.24. The minimum absolute atomic E-state index is 0.377. The van der Waals surface area contributed by atoms with E-state index in [4.69, 9.17) is 10.2 Å². The van der Waals surface area contributed by atoms with E-state index in [-0.39, 0.29) is 0 Å². The van der Waals surface area contributed by atoms with E-state index >= 15 is 0 Å². The third-order valence-corrected chi connectivity index (χ3v) is 2.75. The maximum absolute atomic E-state index is 10.4. The van der Waals surface area contributed by atoms with Crippen molar-refractivity contribution in [2.75, 3.05) is 0 Å². The van der Waals surface area contributed by atoms with Crippen LogP contribution in [0.15, 0.2) is 48.5 Å². The Morgan fingerprint density at radius 3 is 1.20 bits per heavy atom. The zero-order valence-electron chi connectivity index (χ0n) is 11.3. The summed E-state index contributed by atoms with van der Waals surface area (Å²) in [5.74, 6) is -1.73. The van der Waals surface area contributed by atoms with Crippen LogP contribution in [0.4, 0.5) is 0 Å². The van der Waals surface area contributed by atoms with E-state index in [1.165, 1.54) is 0 Å². The second kappa shape index (κ2) is 7.09. The Kier molecular flexibility index (Phi) is 5.47. The van der Waals surface area contributed by atoms with Crippen molar-refractivity contribution in [3.8, 4) is 0 Å². The first kappa shape index (κ1) is 15.4. The molecule has 2 aromatic carbocycles. The SMILES string of the molecule is Cc1ccccc1C(=O)O.Cc1ccccc1C(=O)O. The molecule has 104 valence electrons. The Hall–Kier alpha value is -2.62. The molecule has 0 amide bonds. The minimum Gasteiger partial charge on any atom is -0.478 e. The van der Waals surface area contributed by atoms with Crippen molar-refractivity contribution in [3.63, 3.8) is 0 Å². The summed E-state index contributed by atoms with van der Waals surface area (Å²) in [6, 6.07) is 13.8. The molecule has 0 saturated carbocycles. The molecule has 4 nitrogen and oxygen atoms in total. The summed E-state index contributed by atoms with van der Waals surface area (Å²) in [7, 11) is 0. The molecule has 2 aromatic rings. The number of carbonyl (C=O) groups is 2. The monoisotopic (exact) mass is 272 g/mol. The summed E-state index contributed by atoms with van der Waals surface area (Å²) in [6.45, 7) is 3.56. The highest BCUT2D eigenvalue weighted by atomic mass is 16.4. The number of hydrogen-bond donors (Lipinski definition) is 2. The smallest absolute Gasteiger partial charge is 0.335 e. The van der Waals surface area contributed by atoms with E-state index < -0.39 is 11.9 Å². The lowest BCUT2D eigenvalue weighted by molar-refractivity contribution is 0.0685. The summed E-state index contributed by atoms with van der Waals surface area (Å²) in [4.78, 5) is 20.8. The average Bonchev–Trinajstić information content (AvgIpc) is 2.40. The summed E-state index contributed by atoms with van der Waals surface area (Å²) < 4.78 is 0. The molecule has 0 spiro atoms. The van der Waals surface area contributed by atoms with Crippen LogP contribution in [-0.2, 0) is 0 Å². The van der Waals surface area contributed by atoms with Crippen LogP contribution >= 0.6 is 0 Å². The largest absolute Gasteiger partial charge is 0.478 e. The zero-order chi connectivity index (χ0) is 15.1. The number of benzene rings is 2. The van der Waals surface area contributed by atoms with Crippen molar-refractivity contribution in [2.45, 2.75) is 13.8 Å². The van der Waals surface area contributed by atoms with Gasteiger partial charge in [-0.15, -0.1) is 0 Å². The molecular weight excluding hydrogens is 256 g/mol. The van der Waals surface area contributed by atoms with Crippen molar-refractivity contribution < 1.29 is 19.8 Å². The maximum atomic E-state index is 10.4. The molecule has 0 bridgehead atoms. The average molecular weight is 272 g/mol. The van der Waals surface area contributed by atoms with Gasteiger partial charge in [-0.2, -0.15) is 0 Å². The molecule has 2 rings (SSSR count). The molecule has 0 unspecified atom stereocenters. The number of aromatic carboxylic acids is 2. The highest BCUT2D eigenvalue weighted by molar-refractivity contribution is 5.89. The molecule has 4 heteroatoms. The van der Waals surface area contributed by atoms with Gasteiger partial charge in [0.2, 0.25) is 0 Å². The third kappa shape index (κ3) is 4.24. The molecule has 0 aliphatic rings. The Bertz CT molecular complexity index is 562. The minimum atomic E-state index is -0.863. The Balaban J connectivity index is 0.000000200. The quantitative estimate of drug-likeness (QED) is 0.878. The van der Waals surface area contributed by atoms with Gasteiger partial charge in [-0.05, 0) is 37.1 Å². The van der Waals surface area contributed by atoms with Crippen LogP contribution in [0.2, 0.25) is 0 Å². The fourth-order valence-electron chi connectivity index (χ4n) is 1.63. The normalized spacial score (nSPS) is 9.30. The van der Waals surface area contributed by atoms with Crippen LogP contribution in [0.3, 0.4) is 0 Å². The molecule has 0 aliphatic carbocycles. The van der Waals surface area contributed by atoms with Crippen LogP contribution in [-0.4, -0.2) is 22.2 Å². The number of rotatable bonds is 2. The van der Waals surface area contributed by atoms with Gasteiger partial charge in [0.05, 0.1) is 11.1 Å². The van der Waals surface area contributed by atoms with E-state index in [2.05, 4.69) is 0 Å². The van der Waals surface area contributed by atoms with Gasteiger partial charge in [0.15, 0.2) is 0 Å². The Morgan fingerprint density at radius 2 is 1.00 bits per heavy atom. The summed E-state index contributed by atoms with van der Waals surface area (Å²) in [5, 5.41) is 17.1. The first-order chi connectivity index (χ1) is 9.43. The molecule has 0 aliphatic heterocycles. The molecule has 0 heterocycles. The van der Waals surface area contributed by atoms with Gasteiger partial charge < -0.3 is 10.2 Å². The molecule has 0 radical (unpaired) electrons. The predicted octanol–water partition coefficient (Wildman–Crippen LogP) is 3.39. The van der Waals surface area contributed by atoms with Gasteiger partial charge in [0.1, 0.15) is 0 Å². The lowest BCUT2D eigenvalue weighted by Gasteiger charge is -1.96. The van der Waals surface area contributed by atoms with Crippen LogP contribution in [0.5, 0.6) is 0 Å². The predicted molar refractivity (Wildman–Crippen MR) is 76.3 cm³/mol. The first-order valence-corrected chi connectivity index (χ1v) is 6.01. The second-order valence-corrected chi connectivity index (χ2v) is 4.24. The van der Waals surface area contributed by atoms with Crippen molar-refractivity contribution in [1.29, 1.82) is 0 Å². The van der Waals surface area contributed by atoms with E-state index in [9.17, 15) is 9.59 Å². The van der Waals surface area contributed by atoms with Gasteiger partial charge in [-0.25, -0.2) is 9.59 Å². The summed E-state index contributed by atoms with van der Waals surface area (Å²) in [5.41, 5.74) is 2.36. The summed E-state index contributed by atoms with van der Waals surface area (Å²) >= 11 is 0. The van der Waals surface area contributed by atoms with Gasteiger partial charge in [0, 0.05) is 0 Å². The van der Waals surface area contributed by atoms with Crippen molar-refractivity contribution in [2.24, 2.45) is 0 Å². The van der Waals surface area contributed by atoms with Crippen LogP contribution in [0.25, 0.3) is 0 Å². The Labute approximate surface area is 117 Å². The van der Waals surface area contributed by atoms with Crippen molar-refractivity contribution >= 4 is 11.9 Å². The fourth-order valence-corrected chi connectivity index (χ4v) is 1.63. The number of hydrogen-bond acceptors (Lipinski definition) is 2. The van der Waals surface area contributed by atoms with Gasteiger partial charge in [-0.3, -0.25) is 0 Å². The number of aryl methyl sites for hydroxylation is 2. The molecule has 0 atom stereocenters. The lowest BCUT2D eigenvalue weighted by atomic mass is 10.1. The molecule has 0 aromatic heterocycles. The lowest BCUT2D eigenvalue weighted by Crippen LogP contribution is -1.97. The van der Waals surface area contributed by atoms with E-state index in [0.717, 1.165) is 11.1 Å². The molecular formula is C16H16O4. The van der Waals surface area contributed by atoms with E-state index in [0.29, 0.717) is 11.1 Å². The van der Waals surface area contributed by atoms with Gasteiger partial charge in [0.25, 0.3) is 0 Å². The highest BCUT2D eigenvalue weighted by Gasteiger charge is 2.03. The van der Waals surface area contributed by atoms with Crippen molar-refractivity contribution in [1.82, 2.24) is 0 Å². The van der Waals surface area contributed by atoms with Crippen LogP contribution in [0.1, 0.15) is 31.8 Å². The summed E-state index contributed by atoms with van der Waals surface area (Å²) in [6.07, 6.45) is 0. The molecule has 20 heavy (non-hydrogen) atoms. The molecule has 2 N–H and O–H groups in total. The number of carboxylic acid groups (broad SMARTS) is 2. The third-order valence-electron chi connectivity index (χ3n) is 2.75. The van der Waals surface area contributed by atoms with E-state index in [1.54, 1.807) is 50.2 Å². The topological polar surface area (TPSA) is 74.6 Å². The fraction of sp³-hybridized carbons (Fsp3) is 0.125. The standard InChI is InChI=1S/2C8H8O2/c2*1-6-4-2-3-5-7(6)8(9)10/h2*2-5H,1H3,(H,9,10). The van der Waals surface area contributed by atoms with Crippen LogP contribution in [0, 0.1) is 13.8 Å².